The van der Waals surface area contributed by atoms with Gasteiger partial charge in [-0.25, -0.2) is 4.68 Å². The van der Waals surface area contributed by atoms with Crippen molar-refractivity contribution in [1.29, 1.82) is 0 Å². The summed E-state index contributed by atoms with van der Waals surface area (Å²) in [7, 11) is 1.73. The Hall–Kier alpha value is -4.00. The van der Waals surface area contributed by atoms with Crippen LogP contribution in [0, 0.1) is 0 Å². The minimum absolute atomic E-state index is 0.0307. The molecule has 156 valence electrons. The average molecular weight is 413 g/mol. The lowest BCUT2D eigenvalue weighted by molar-refractivity contribution is -0.128. The number of carbonyl (C=O) groups excluding carboxylic acids is 2. The maximum atomic E-state index is 12.8. The Labute approximate surface area is 180 Å². The van der Waals surface area contributed by atoms with Gasteiger partial charge in [0.05, 0.1) is 12.1 Å². The predicted octanol–water partition coefficient (Wildman–Crippen LogP) is 3.71. The zero-order valence-corrected chi connectivity index (χ0v) is 17.4. The Kier molecular flexibility index (Phi) is 5.75. The van der Waals surface area contributed by atoms with Gasteiger partial charge in [0.1, 0.15) is 5.52 Å². The Bertz CT molecular complexity index is 1230. The molecule has 7 nitrogen and oxygen atoms in total. The second-order valence-electron chi connectivity index (χ2n) is 7.42. The Balaban J connectivity index is 1.46. The van der Waals surface area contributed by atoms with Crippen LogP contribution in [0.25, 0.3) is 11.0 Å². The van der Waals surface area contributed by atoms with Gasteiger partial charge in [0.2, 0.25) is 5.91 Å². The first kappa shape index (κ1) is 20.3. The number of anilines is 1. The number of carbonyl (C=O) groups is 2. The third-order valence-electron chi connectivity index (χ3n) is 5.18. The fourth-order valence-electron chi connectivity index (χ4n) is 3.31. The molecule has 7 heteroatoms. The highest BCUT2D eigenvalue weighted by Crippen LogP contribution is 2.19. The number of para-hydroxylation sites is 2. The zero-order valence-electron chi connectivity index (χ0n) is 17.4. The third-order valence-corrected chi connectivity index (χ3v) is 5.18. The molecule has 0 saturated heterocycles. The van der Waals surface area contributed by atoms with Crippen LogP contribution in [-0.4, -0.2) is 38.8 Å². The second kappa shape index (κ2) is 8.79. The number of nitrogens with zero attached hydrogens (tertiary/aromatic N) is 4. The minimum Gasteiger partial charge on any atom is -0.342 e. The predicted molar refractivity (Wildman–Crippen MR) is 120 cm³/mol. The molecule has 0 aliphatic heterocycles. The molecule has 0 fully saturated rings. The third kappa shape index (κ3) is 4.61. The molecule has 0 radical (unpaired) electrons. The second-order valence-corrected chi connectivity index (χ2v) is 7.42. The molecule has 1 aromatic heterocycles. The lowest BCUT2D eigenvalue weighted by Gasteiger charge is -2.18. The van der Waals surface area contributed by atoms with E-state index in [2.05, 4.69) is 15.6 Å². The summed E-state index contributed by atoms with van der Waals surface area (Å²) in [5.74, 6) is -0.229. The van der Waals surface area contributed by atoms with E-state index in [0.29, 0.717) is 24.3 Å². The number of benzene rings is 3. The van der Waals surface area contributed by atoms with E-state index in [9.17, 15) is 9.59 Å². The molecule has 4 rings (SSSR count). The summed E-state index contributed by atoms with van der Waals surface area (Å²) in [6.07, 6.45) is 0. The van der Waals surface area contributed by atoms with Crippen LogP contribution in [0.1, 0.15) is 28.4 Å². The molecule has 31 heavy (non-hydrogen) atoms. The average Bonchev–Trinajstić information content (AvgIpc) is 3.18. The van der Waals surface area contributed by atoms with Gasteiger partial charge in [-0.15, -0.1) is 5.10 Å². The van der Waals surface area contributed by atoms with E-state index in [1.807, 2.05) is 65.3 Å². The molecular weight excluding hydrogens is 390 g/mol. The van der Waals surface area contributed by atoms with Crippen molar-refractivity contribution in [3.05, 3.63) is 89.5 Å². The summed E-state index contributed by atoms with van der Waals surface area (Å²) in [6, 6.07) is 22.7. The van der Waals surface area contributed by atoms with E-state index in [0.717, 1.165) is 22.2 Å². The summed E-state index contributed by atoms with van der Waals surface area (Å²) in [5, 5.41) is 11.3. The molecule has 0 aliphatic rings. The first-order valence-corrected chi connectivity index (χ1v) is 9.99. The molecule has 0 aliphatic carbocycles. The van der Waals surface area contributed by atoms with Gasteiger partial charge in [-0.1, -0.05) is 47.7 Å². The van der Waals surface area contributed by atoms with Crippen LogP contribution in [0.5, 0.6) is 0 Å². The van der Waals surface area contributed by atoms with Crippen LogP contribution in [0.2, 0.25) is 0 Å². The normalized spacial score (nSPS) is 10.8. The van der Waals surface area contributed by atoms with Crippen molar-refractivity contribution in [1.82, 2.24) is 19.9 Å². The van der Waals surface area contributed by atoms with Crippen molar-refractivity contribution in [3.63, 3.8) is 0 Å². The maximum absolute atomic E-state index is 12.8. The topological polar surface area (TPSA) is 80.1 Å². The van der Waals surface area contributed by atoms with Crippen molar-refractivity contribution in [2.24, 2.45) is 0 Å². The van der Waals surface area contributed by atoms with Gasteiger partial charge in [-0.3, -0.25) is 9.59 Å². The number of aromatic nitrogens is 3. The van der Waals surface area contributed by atoms with Crippen LogP contribution < -0.4 is 5.32 Å². The summed E-state index contributed by atoms with van der Waals surface area (Å²) in [6.45, 7) is 2.52. The number of fused-ring (bicyclic) bond motifs is 1. The first-order chi connectivity index (χ1) is 15.0. The van der Waals surface area contributed by atoms with Gasteiger partial charge in [0.25, 0.3) is 5.91 Å². The van der Waals surface area contributed by atoms with E-state index in [1.54, 1.807) is 24.1 Å². The van der Waals surface area contributed by atoms with Gasteiger partial charge < -0.3 is 10.2 Å². The molecule has 4 aromatic rings. The van der Waals surface area contributed by atoms with E-state index in [1.165, 1.54) is 6.92 Å². The standard InChI is InChI=1S/C24H23N5O2/c1-17(30)28(2)16-20-7-3-4-8-21(20)25-24(31)19-13-11-18(12-14-19)15-29-23-10-6-5-9-22(23)26-27-29/h3-14H,15-16H2,1-2H3,(H,25,31). The van der Waals surface area contributed by atoms with E-state index in [4.69, 9.17) is 0 Å². The van der Waals surface area contributed by atoms with Gasteiger partial charge in [0.15, 0.2) is 0 Å². The quantitative estimate of drug-likeness (QED) is 0.523. The van der Waals surface area contributed by atoms with Crippen molar-refractivity contribution < 1.29 is 9.59 Å². The summed E-state index contributed by atoms with van der Waals surface area (Å²) in [5.41, 5.74) is 4.98. The summed E-state index contributed by atoms with van der Waals surface area (Å²) >= 11 is 0. The first-order valence-electron chi connectivity index (χ1n) is 9.99. The molecule has 1 N–H and O–H groups in total. The van der Waals surface area contributed by atoms with Crippen LogP contribution in [0.3, 0.4) is 0 Å². The number of rotatable bonds is 6. The minimum atomic E-state index is -0.198. The van der Waals surface area contributed by atoms with E-state index >= 15 is 0 Å². The highest BCUT2D eigenvalue weighted by atomic mass is 16.2. The fraction of sp³-hybridized carbons (Fsp3) is 0.167. The number of amides is 2. The number of nitrogens with one attached hydrogen (secondary N) is 1. The lowest BCUT2D eigenvalue weighted by Crippen LogP contribution is -2.24. The molecule has 3 aromatic carbocycles. The van der Waals surface area contributed by atoms with Gasteiger partial charge in [0, 0.05) is 31.8 Å². The van der Waals surface area contributed by atoms with E-state index < -0.39 is 0 Å². The largest absolute Gasteiger partial charge is 0.342 e. The lowest BCUT2D eigenvalue weighted by atomic mass is 10.1. The smallest absolute Gasteiger partial charge is 0.255 e. The Morgan fingerprint density at radius 2 is 1.68 bits per heavy atom. The van der Waals surface area contributed by atoms with Crippen LogP contribution >= 0.6 is 0 Å². The fourth-order valence-corrected chi connectivity index (χ4v) is 3.31. The van der Waals surface area contributed by atoms with Gasteiger partial charge >= 0.3 is 0 Å². The van der Waals surface area contributed by atoms with Crippen molar-refractivity contribution in [2.45, 2.75) is 20.0 Å². The van der Waals surface area contributed by atoms with Crippen molar-refractivity contribution >= 4 is 28.5 Å². The molecule has 2 amide bonds. The zero-order chi connectivity index (χ0) is 21.8. The molecular formula is C24H23N5O2. The van der Waals surface area contributed by atoms with Crippen LogP contribution in [0.15, 0.2) is 72.8 Å². The van der Waals surface area contributed by atoms with Gasteiger partial charge in [-0.2, -0.15) is 0 Å². The highest BCUT2D eigenvalue weighted by molar-refractivity contribution is 6.04. The van der Waals surface area contributed by atoms with Crippen molar-refractivity contribution in [2.75, 3.05) is 12.4 Å². The molecule has 0 atom stereocenters. The maximum Gasteiger partial charge on any atom is 0.255 e. The van der Waals surface area contributed by atoms with E-state index in [-0.39, 0.29) is 11.8 Å². The monoisotopic (exact) mass is 413 g/mol. The number of hydrogen-bond donors (Lipinski definition) is 1. The summed E-state index contributed by atoms with van der Waals surface area (Å²) < 4.78 is 1.84. The number of hydrogen-bond acceptors (Lipinski definition) is 4. The molecule has 1 heterocycles. The Morgan fingerprint density at radius 1 is 0.968 bits per heavy atom. The summed E-state index contributed by atoms with van der Waals surface area (Å²) in [4.78, 5) is 25.9. The Morgan fingerprint density at radius 3 is 2.45 bits per heavy atom. The van der Waals surface area contributed by atoms with Crippen molar-refractivity contribution in [3.8, 4) is 0 Å². The molecule has 0 bridgehead atoms. The highest BCUT2D eigenvalue weighted by Gasteiger charge is 2.12. The molecule has 0 unspecified atom stereocenters. The molecule has 0 saturated carbocycles. The SMILES string of the molecule is CC(=O)N(C)Cc1ccccc1NC(=O)c1ccc(Cn2nnc3ccccc32)cc1. The van der Waals surface area contributed by atoms with Crippen LogP contribution in [0.4, 0.5) is 5.69 Å². The van der Waals surface area contributed by atoms with Crippen LogP contribution in [-0.2, 0) is 17.9 Å². The molecule has 0 spiro atoms. The van der Waals surface area contributed by atoms with Gasteiger partial charge in [-0.05, 0) is 41.5 Å².